The fourth-order valence-electron chi connectivity index (χ4n) is 1.86. The van der Waals surface area contributed by atoms with Gasteiger partial charge < -0.3 is 8.98 Å². The molecule has 0 N–H and O–H groups in total. The van der Waals surface area contributed by atoms with Crippen LogP contribution >= 0.6 is 11.8 Å². The first-order valence-electron chi connectivity index (χ1n) is 6.28. The molecule has 0 spiro atoms. The summed E-state index contributed by atoms with van der Waals surface area (Å²) in [6, 6.07) is 5.06. The largest absolute Gasteiger partial charge is 0.461 e. The summed E-state index contributed by atoms with van der Waals surface area (Å²) in [4.78, 5) is 14.4. The Bertz CT molecular complexity index is 828. The Labute approximate surface area is 129 Å². The van der Waals surface area contributed by atoms with E-state index in [0.717, 1.165) is 0 Å². The molecule has 0 aliphatic rings. The fourth-order valence-corrected chi connectivity index (χ4v) is 2.67. The third-order valence-electron chi connectivity index (χ3n) is 2.99. The normalized spacial score (nSPS) is 10.8. The van der Waals surface area contributed by atoms with Crippen LogP contribution in [0.4, 0.5) is 5.69 Å². The third-order valence-corrected chi connectivity index (χ3v) is 4.15. The van der Waals surface area contributed by atoms with Gasteiger partial charge in [-0.25, -0.2) is 4.98 Å². The summed E-state index contributed by atoms with van der Waals surface area (Å²) in [7, 11) is 1.82. The molecule has 9 heteroatoms. The Kier molecular flexibility index (Phi) is 3.63. The van der Waals surface area contributed by atoms with Crippen LogP contribution in [0.2, 0.25) is 0 Å². The highest BCUT2D eigenvalue weighted by Crippen LogP contribution is 2.30. The topological polar surface area (TPSA) is 99.9 Å². The molecule has 3 aromatic rings. The van der Waals surface area contributed by atoms with Gasteiger partial charge in [0.1, 0.15) is 11.2 Å². The van der Waals surface area contributed by atoms with Crippen LogP contribution in [0.1, 0.15) is 5.56 Å². The minimum Gasteiger partial charge on any atom is -0.461 e. The van der Waals surface area contributed by atoms with Crippen molar-refractivity contribution in [3.8, 4) is 11.6 Å². The lowest BCUT2D eigenvalue weighted by Crippen LogP contribution is -1.96. The first-order valence-corrected chi connectivity index (χ1v) is 7.10. The van der Waals surface area contributed by atoms with Crippen molar-refractivity contribution in [1.82, 2.24) is 19.7 Å². The van der Waals surface area contributed by atoms with E-state index in [1.54, 1.807) is 29.9 Å². The van der Waals surface area contributed by atoms with Crippen LogP contribution in [0.3, 0.4) is 0 Å². The van der Waals surface area contributed by atoms with E-state index in [4.69, 9.17) is 4.42 Å². The molecule has 0 unspecified atom stereocenters. The van der Waals surface area contributed by atoms with E-state index in [1.165, 1.54) is 24.0 Å². The lowest BCUT2D eigenvalue weighted by molar-refractivity contribution is -0.385. The van der Waals surface area contributed by atoms with E-state index in [1.807, 2.05) is 7.05 Å². The minimum absolute atomic E-state index is 0.0314. The smallest absolute Gasteiger partial charge is 0.287 e. The van der Waals surface area contributed by atoms with Gasteiger partial charge in [-0.1, -0.05) is 0 Å². The van der Waals surface area contributed by atoms with E-state index in [2.05, 4.69) is 15.2 Å². The van der Waals surface area contributed by atoms with Crippen LogP contribution < -0.4 is 0 Å². The Morgan fingerprint density at radius 2 is 2.23 bits per heavy atom. The molecule has 0 saturated carbocycles. The highest BCUT2D eigenvalue weighted by Gasteiger charge is 2.16. The predicted molar refractivity (Wildman–Crippen MR) is 78.5 cm³/mol. The fraction of sp³-hybridized carbons (Fsp3) is 0.154. The number of hydrogen-bond donors (Lipinski definition) is 0. The number of aryl methyl sites for hydroxylation is 1. The molecule has 22 heavy (non-hydrogen) atoms. The molecule has 0 aliphatic heterocycles. The summed E-state index contributed by atoms with van der Waals surface area (Å²) in [6.07, 6.45) is 2.80. The molecule has 0 aliphatic carbocycles. The first-order chi connectivity index (χ1) is 10.6. The second-order valence-electron chi connectivity index (χ2n) is 4.52. The Morgan fingerprint density at radius 3 is 2.86 bits per heavy atom. The highest BCUT2D eigenvalue weighted by atomic mass is 32.2. The number of aromatic nitrogens is 4. The lowest BCUT2D eigenvalue weighted by atomic mass is 10.3. The lowest BCUT2D eigenvalue weighted by Gasteiger charge is -2.04. The Morgan fingerprint density at radius 1 is 1.41 bits per heavy atom. The van der Waals surface area contributed by atoms with Gasteiger partial charge in [-0.05, 0) is 36.4 Å². The minimum atomic E-state index is -0.466. The monoisotopic (exact) mass is 317 g/mol. The Balaban J connectivity index is 1.90. The first kappa shape index (κ1) is 14.3. The van der Waals surface area contributed by atoms with Gasteiger partial charge in [-0.3, -0.25) is 10.1 Å². The number of nitro groups is 1. The summed E-state index contributed by atoms with van der Waals surface area (Å²) >= 11 is 1.29. The summed E-state index contributed by atoms with van der Waals surface area (Å²) in [6.45, 7) is 1.77. The van der Waals surface area contributed by atoms with Crippen LogP contribution in [-0.4, -0.2) is 24.7 Å². The molecule has 112 valence electrons. The summed E-state index contributed by atoms with van der Waals surface area (Å²) in [5.41, 5.74) is 0.679. The van der Waals surface area contributed by atoms with Gasteiger partial charge in [-0.2, -0.15) is 0 Å². The molecule has 3 aromatic heterocycles. The zero-order valence-electron chi connectivity index (χ0n) is 11.8. The highest BCUT2D eigenvalue weighted by molar-refractivity contribution is 7.99. The summed E-state index contributed by atoms with van der Waals surface area (Å²) in [5.74, 6) is 1.22. The third kappa shape index (κ3) is 2.58. The van der Waals surface area contributed by atoms with E-state index in [0.29, 0.717) is 27.3 Å². The second kappa shape index (κ2) is 5.60. The number of pyridine rings is 1. The van der Waals surface area contributed by atoms with Crippen LogP contribution in [-0.2, 0) is 7.05 Å². The molecule has 3 rings (SSSR count). The van der Waals surface area contributed by atoms with Gasteiger partial charge in [0, 0.05) is 13.1 Å². The van der Waals surface area contributed by atoms with E-state index < -0.39 is 4.92 Å². The molecule has 3 heterocycles. The molecule has 0 bridgehead atoms. The Hall–Kier alpha value is -2.68. The number of rotatable bonds is 4. The van der Waals surface area contributed by atoms with Crippen molar-refractivity contribution in [2.45, 2.75) is 17.1 Å². The van der Waals surface area contributed by atoms with Gasteiger partial charge in [0.25, 0.3) is 5.69 Å². The molecule has 0 fully saturated rings. The maximum Gasteiger partial charge on any atom is 0.287 e. The maximum atomic E-state index is 10.7. The van der Waals surface area contributed by atoms with E-state index >= 15 is 0 Å². The maximum absolute atomic E-state index is 10.7. The predicted octanol–water partition coefficient (Wildman–Crippen LogP) is 2.84. The number of furan rings is 1. The molecule has 0 aromatic carbocycles. The average molecular weight is 317 g/mol. The van der Waals surface area contributed by atoms with Crippen LogP contribution in [0.25, 0.3) is 11.6 Å². The van der Waals surface area contributed by atoms with Crippen molar-refractivity contribution in [3.05, 3.63) is 46.3 Å². The standard InChI is InChI=1S/C13H11N5O3S/c1-8-6-9(18(19)20)7-14-12(8)22-13-16-15-11(17(13)2)10-4-3-5-21-10/h3-7H,1-2H3. The van der Waals surface area contributed by atoms with Crippen molar-refractivity contribution in [2.75, 3.05) is 0 Å². The van der Waals surface area contributed by atoms with Crippen molar-refractivity contribution in [3.63, 3.8) is 0 Å². The van der Waals surface area contributed by atoms with Gasteiger partial charge in [0.15, 0.2) is 16.7 Å². The van der Waals surface area contributed by atoms with Crippen molar-refractivity contribution in [1.29, 1.82) is 0 Å². The molecular weight excluding hydrogens is 306 g/mol. The SMILES string of the molecule is Cc1cc([N+](=O)[O-])cnc1Sc1nnc(-c2ccco2)n1C. The van der Waals surface area contributed by atoms with Gasteiger partial charge in [0.05, 0.1) is 11.2 Å². The zero-order valence-corrected chi connectivity index (χ0v) is 12.6. The zero-order chi connectivity index (χ0) is 15.7. The van der Waals surface area contributed by atoms with Crippen LogP contribution in [0.15, 0.2) is 45.3 Å². The number of nitrogens with zero attached hydrogens (tertiary/aromatic N) is 5. The average Bonchev–Trinajstić information content (AvgIpc) is 3.11. The molecule has 8 nitrogen and oxygen atoms in total. The van der Waals surface area contributed by atoms with Crippen molar-refractivity contribution in [2.24, 2.45) is 7.05 Å². The van der Waals surface area contributed by atoms with Gasteiger partial charge in [-0.15, -0.1) is 10.2 Å². The molecule has 0 saturated heterocycles. The summed E-state index contributed by atoms with van der Waals surface area (Å²) in [5, 5.41) is 20.2. The van der Waals surface area contributed by atoms with E-state index in [9.17, 15) is 10.1 Å². The van der Waals surface area contributed by atoms with Crippen LogP contribution in [0.5, 0.6) is 0 Å². The van der Waals surface area contributed by atoms with Crippen molar-refractivity contribution >= 4 is 17.4 Å². The summed E-state index contributed by atoms with van der Waals surface area (Å²) < 4.78 is 7.09. The molecular formula is C13H11N5O3S. The van der Waals surface area contributed by atoms with Gasteiger partial charge in [0.2, 0.25) is 0 Å². The molecule has 0 atom stereocenters. The van der Waals surface area contributed by atoms with Crippen molar-refractivity contribution < 1.29 is 9.34 Å². The van der Waals surface area contributed by atoms with Gasteiger partial charge >= 0.3 is 0 Å². The number of hydrogen-bond acceptors (Lipinski definition) is 7. The molecule has 0 amide bonds. The molecule has 0 radical (unpaired) electrons. The van der Waals surface area contributed by atoms with Crippen LogP contribution in [0, 0.1) is 17.0 Å². The van der Waals surface area contributed by atoms with E-state index in [-0.39, 0.29) is 5.69 Å². The quantitative estimate of drug-likeness (QED) is 0.538. The second-order valence-corrected chi connectivity index (χ2v) is 5.47.